The summed E-state index contributed by atoms with van der Waals surface area (Å²) in [6.45, 7) is 1.81. The normalized spacial score (nSPS) is 10.5. The van der Waals surface area contributed by atoms with Gasteiger partial charge in [-0.05, 0) is 40.2 Å². The van der Waals surface area contributed by atoms with Crippen LogP contribution in [0.5, 0.6) is 0 Å². The van der Waals surface area contributed by atoms with Gasteiger partial charge < -0.3 is 5.32 Å². The van der Waals surface area contributed by atoms with Crippen LogP contribution in [0.4, 0.5) is 0 Å². The van der Waals surface area contributed by atoms with Crippen LogP contribution in [0.15, 0.2) is 58.0 Å². The second kappa shape index (κ2) is 7.56. The van der Waals surface area contributed by atoms with Gasteiger partial charge in [-0.2, -0.15) is 0 Å². The van der Waals surface area contributed by atoms with E-state index in [4.69, 9.17) is 0 Å². The van der Waals surface area contributed by atoms with Crippen molar-refractivity contribution in [3.8, 4) is 0 Å². The lowest BCUT2D eigenvalue weighted by Gasteiger charge is -2.04. The van der Waals surface area contributed by atoms with Crippen LogP contribution in [0.3, 0.4) is 0 Å². The highest BCUT2D eigenvalue weighted by Crippen LogP contribution is 2.15. The summed E-state index contributed by atoms with van der Waals surface area (Å²) in [5.41, 5.74) is 1.07. The first kappa shape index (κ1) is 13.6. The van der Waals surface area contributed by atoms with Gasteiger partial charge in [0.2, 0.25) is 0 Å². The van der Waals surface area contributed by atoms with Crippen molar-refractivity contribution >= 4 is 27.7 Å². The van der Waals surface area contributed by atoms with E-state index in [1.165, 1.54) is 4.90 Å². The van der Waals surface area contributed by atoms with Gasteiger partial charge in [0.05, 0.1) is 5.69 Å². The number of hydrogen-bond donors (Lipinski definition) is 1. The highest BCUT2D eigenvalue weighted by molar-refractivity contribution is 9.10. The van der Waals surface area contributed by atoms with Crippen LogP contribution in [-0.4, -0.2) is 17.3 Å². The maximum Gasteiger partial charge on any atom is 0.0542 e. The van der Waals surface area contributed by atoms with Gasteiger partial charge in [0, 0.05) is 34.4 Å². The second-order valence-electron chi connectivity index (χ2n) is 3.81. The molecule has 1 aromatic heterocycles. The molecule has 1 aromatic carbocycles. The van der Waals surface area contributed by atoms with E-state index in [-0.39, 0.29) is 0 Å². The molecule has 0 bridgehead atoms. The molecule has 4 heteroatoms. The van der Waals surface area contributed by atoms with Gasteiger partial charge in [-0.3, -0.25) is 4.98 Å². The Morgan fingerprint density at radius 2 is 1.94 bits per heavy atom. The average Bonchev–Trinajstić information content (AvgIpc) is 2.42. The number of hydrogen-bond acceptors (Lipinski definition) is 3. The Balaban J connectivity index is 1.63. The zero-order valence-electron chi connectivity index (χ0n) is 9.97. The fourth-order valence-corrected chi connectivity index (χ4v) is 2.55. The lowest BCUT2D eigenvalue weighted by Crippen LogP contribution is -2.17. The van der Waals surface area contributed by atoms with Gasteiger partial charge in [-0.15, -0.1) is 11.8 Å². The predicted octanol–water partition coefficient (Wildman–Crippen LogP) is 3.73. The smallest absolute Gasteiger partial charge is 0.0542 e. The molecular formula is C14H15BrN2S. The lowest BCUT2D eigenvalue weighted by atomic mass is 10.3. The Kier molecular flexibility index (Phi) is 5.71. The molecule has 2 rings (SSSR count). The molecule has 0 atom stereocenters. The van der Waals surface area contributed by atoms with Crippen molar-refractivity contribution in [2.75, 3.05) is 12.3 Å². The fraction of sp³-hybridized carbons (Fsp3) is 0.214. The number of pyridine rings is 1. The van der Waals surface area contributed by atoms with E-state index >= 15 is 0 Å². The molecule has 0 aliphatic heterocycles. The summed E-state index contributed by atoms with van der Waals surface area (Å²) < 4.78 is 1.02. The van der Waals surface area contributed by atoms with Crippen molar-refractivity contribution in [2.45, 2.75) is 11.4 Å². The predicted molar refractivity (Wildman–Crippen MR) is 80.8 cm³/mol. The van der Waals surface area contributed by atoms with Crippen molar-refractivity contribution in [1.82, 2.24) is 10.3 Å². The topological polar surface area (TPSA) is 24.9 Å². The van der Waals surface area contributed by atoms with Crippen LogP contribution < -0.4 is 5.32 Å². The molecule has 1 N–H and O–H groups in total. The molecule has 0 saturated heterocycles. The zero-order valence-corrected chi connectivity index (χ0v) is 12.4. The summed E-state index contributed by atoms with van der Waals surface area (Å²) in [6.07, 6.45) is 1.83. The largest absolute Gasteiger partial charge is 0.310 e. The van der Waals surface area contributed by atoms with Crippen molar-refractivity contribution in [3.63, 3.8) is 0 Å². The number of rotatable bonds is 6. The van der Waals surface area contributed by atoms with Gasteiger partial charge in [-0.25, -0.2) is 0 Å². The Bertz CT molecular complexity index is 459. The maximum atomic E-state index is 4.32. The maximum absolute atomic E-state index is 4.32. The second-order valence-corrected chi connectivity index (χ2v) is 5.89. The molecule has 94 valence electrons. The van der Waals surface area contributed by atoms with Crippen LogP contribution in [-0.2, 0) is 6.54 Å². The van der Waals surface area contributed by atoms with Crippen LogP contribution >= 0.6 is 27.7 Å². The fourth-order valence-electron chi connectivity index (χ4n) is 1.49. The van der Waals surface area contributed by atoms with Crippen molar-refractivity contribution in [2.24, 2.45) is 0 Å². The minimum absolute atomic E-state index is 0.822. The molecule has 0 aliphatic carbocycles. The van der Waals surface area contributed by atoms with E-state index in [2.05, 4.69) is 50.5 Å². The summed E-state index contributed by atoms with van der Waals surface area (Å²) in [7, 11) is 0. The van der Waals surface area contributed by atoms with E-state index < -0.39 is 0 Å². The molecule has 0 saturated carbocycles. The summed E-state index contributed by atoms with van der Waals surface area (Å²) in [5.74, 6) is 1.07. The summed E-state index contributed by atoms with van der Waals surface area (Å²) in [6, 6.07) is 14.5. The Labute approximate surface area is 120 Å². The van der Waals surface area contributed by atoms with Crippen LogP contribution in [0.2, 0.25) is 0 Å². The van der Waals surface area contributed by atoms with Crippen LogP contribution in [0.25, 0.3) is 0 Å². The summed E-state index contributed by atoms with van der Waals surface area (Å²) >= 11 is 5.25. The Hall–Kier alpha value is -0.840. The molecule has 0 unspecified atom stereocenters. The molecule has 1 heterocycles. The third-order valence-corrected chi connectivity index (χ3v) is 3.87. The van der Waals surface area contributed by atoms with Crippen molar-refractivity contribution in [1.29, 1.82) is 0 Å². The SMILES string of the molecule is Brc1ccc(CNCCSc2ccccc2)nc1. The molecule has 0 radical (unpaired) electrons. The first-order valence-corrected chi connectivity index (χ1v) is 7.61. The molecule has 2 nitrogen and oxygen atoms in total. The summed E-state index contributed by atoms with van der Waals surface area (Å²) in [5, 5.41) is 3.39. The molecule has 18 heavy (non-hydrogen) atoms. The highest BCUT2D eigenvalue weighted by Gasteiger charge is 1.95. The monoisotopic (exact) mass is 322 g/mol. The Morgan fingerprint density at radius 1 is 1.11 bits per heavy atom. The first-order valence-electron chi connectivity index (χ1n) is 5.83. The molecule has 0 aliphatic rings. The number of thioether (sulfide) groups is 1. The number of benzene rings is 1. The number of halogens is 1. The van der Waals surface area contributed by atoms with E-state index in [0.717, 1.165) is 29.0 Å². The van der Waals surface area contributed by atoms with Crippen LogP contribution in [0, 0.1) is 0 Å². The van der Waals surface area contributed by atoms with Gasteiger partial charge >= 0.3 is 0 Å². The van der Waals surface area contributed by atoms with E-state index in [1.54, 1.807) is 0 Å². The standard InChI is InChI=1S/C14H15BrN2S/c15-12-6-7-13(17-10-12)11-16-8-9-18-14-4-2-1-3-5-14/h1-7,10,16H,8-9,11H2. The first-order chi connectivity index (χ1) is 8.84. The minimum atomic E-state index is 0.822. The third-order valence-electron chi connectivity index (χ3n) is 2.39. The lowest BCUT2D eigenvalue weighted by molar-refractivity contribution is 0.715. The van der Waals surface area contributed by atoms with Gasteiger partial charge in [0.15, 0.2) is 0 Å². The van der Waals surface area contributed by atoms with E-state index in [0.29, 0.717) is 0 Å². The molecule has 0 fully saturated rings. The van der Waals surface area contributed by atoms with E-state index in [1.807, 2.05) is 36.2 Å². The quantitative estimate of drug-likeness (QED) is 0.648. The zero-order chi connectivity index (χ0) is 12.6. The van der Waals surface area contributed by atoms with Crippen LogP contribution in [0.1, 0.15) is 5.69 Å². The summed E-state index contributed by atoms with van der Waals surface area (Å²) in [4.78, 5) is 5.64. The van der Waals surface area contributed by atoms with Crippen molar-refractivity contribution in [3.05, 3.63) is 58.8 Å². The molecular weight excluding hydrogens is 308 g/mol. The average molecular weight is 323 g/mol. The van der Waals surface area contributed by atoms with Gasteiger partial charge in [0.1, 0.15) is 0 Å². The van der Waals surface area contributed by atoms with Gasteiger partial charge in [0.25, 0.3) is 0 Å². The third kappa shape index (κ3) is 4.80. The minimum Gasteiger partial charge on any atom is -0.310 e. The van der Waals surface area contributed by atoms with E-state index in [9.17, 15) is 0 Å². The number of nitrogens with zero attached hydrogens (tertiary/aromatic N) is 1. The van der Waals surface area contributed by atoms with Crippen molar-refractivity contribution < 1.29 is 0 Å². The number of nitrogens with one attached hydrogen (secondary N) is 1. The molecule has 0 spiro atoms. The Morgan fingerprint density at radius 3 is 2.67 bits per heavy atom. The van der Waals surface area contributed by atoms with Gasteiger partial charge in [-0.1, -0.05) is 18.2 Å². The number of aromatic nitrogens is 1. The highest BCUT2D eigenvalue weighted by atomic mass is 79.9. The molecule has 2 aromatic rings. The molecule has 0 amide bonds.